The molecular formula is C13H23N5. The summed E-state index contributed by atoms with van der Waals surface area (Å²) in [6.07, 6.45) is 3.89. The molecule has 0 amide bonds. The first-order valence-electron chi connectivity index (χ1n) is 6.67. The average molecular weight is 249 g/mol. The molecule has 5 nitrogen and oxygen atoms in total. The largest absolute Gasteiger partial charge is 0.373 e. The van der Waals surface area contributed by atoms with Crippen LogP contribution in [0.3, 0.4) is 0 Å². The zero-order chi connectivity index (χ0) is 13.0. The summed E-state index contributed by atoms with van der Waals surface area (Å²) >= 11 is 0. The molecule has 2 heterocycles. The van der Waals surface area contributed by atoms with Crippen LogP contribution in [0, 0.1) is 6.92 Å². The number of hydrogen-bond donors (Lipinski definition) is 2. The van der Waals surface area contributed by atoms with Crippen LogP contribution in [0.15, 0.2) is 6.07 Å². The second kappa shape index (κ2) is 6.00. The van der Waals surface area contributed by atoms with E-state index in [0.717, 1.165) is 30.5 Å². The summed E-state index contributed by atoms with van der Waals surface area (Å²) in [5.41, 5.74) is 0. The Morgan fingerprint density at radius 2 is 2.28 bits per heavy atom. The molecule has 1 aliphatic heterocycles. The Balaban J connectivity index is 2.02. The first-order chi connectivity index (χ1) is 8.69. The van der Waals surface area contributed by atoms with Gasteiger partial charge in [0.2, 0.25) is 0 Å². The molecule has 0 aromatic carbocycles. The van der Waals surface area contributed by atoms with Crippen molar-refractivity contribution in [1.29, 1.82) is 0 Å². The van der Waals surface area contributed by atoms with Crippen LogP contribution in [0.25, 0.3) is 0 Å². The van der Waals surface area contributed by atoms with Gasteiger partial charge in [0.25, 0.3) is 0 Å². The zero-order valence-electron chi connectivity index (χ0n) is 11.5. The highest BCUT2D eigenvalue weighted by Crippen LogP contribution is 2.16. The number of likely N-dealkylation sites (N-methyl/N-ethyl adjacent to an activating group) is 1. The molecular weight excluding hydrogens is 226 g/mol. The minimum absolute atomic E-state index is 0.581. The highest BCUT2D eigenvalue weighted by atomic mass is 15.2. The van der Waals surface area contributed by atoms with Crippen molar-refractivity contribution in [2.75, 3.05) is 37.4 Å². The highest BCUT2D eigenvalue weighted by Gasteiger charge is 2.15. The Morgan fingerprint density at radius 3 is 2.94 bits per heavy atom. The molecule has 5 heteroatoms. The van der Waals surface area contributed by atoms with E-state index < -0.39 is 0 Å². The third-order valence-electron chi connectivity index (χ3n) is 3.38. The molecule has 1 fully saturated rings. The standard InChI is InChI=1S/C13H23N5/c1-10-16-12(14-2)8-13(17-10)18(3)9-11-6-4-5-7-15-11/h8,11,15H,4-7,9H2,1-3H3,(H,14,16,17). The van der Waals surface area contributed by atoms with Crippen LogP contribution in [-0.2, 0) is 0 Å². The number of hydrogen-bond acceptors (Lipinski definition) is 5. The first kappa shape index (κ1) is 13.1. The van der Waals surface area contributed by atoms with Gasteiger partial charge in [0.15, 0.2) is 0 Å². The van der Waals surface area contributed by atoms with Crippen molar-refractivity contribution < 1.29 is 0 Å². The molecule has 0 spiro atoms. The molecule has 2 N–H and O–H groups in total. The lowest BCUT2D eigenvalue weighted by molar-refractivity contribution is 0.403. The Labute approximate surface area is 109 Å². The summed E-state index contributed by atoms with van der Waals surface area (Å²) < 4.78 is 0. The van der Waals surface area contributed by atoms with Crippen LogP contribution in [-0.4, -0.2) is 43.2 Å². The molecule has 0 aliphatic carbocycles. The molecule has 2 rings (SSSR count). The van der Waals surface area contributed by atoms with E-state index in [2.05, 4.69) is 32.5 Å². The van der Waals surface area contributed by atoms with Gasteiger partial charge >= 0.3 is 0 Å². The van der Waals surface area contributed by atoms with Gasteiger partial charge in [0.05, 0.1) is 0 Å². The molecule has 1 aromatic rings. The lowest BCUT2D eigenvalue weighted by Gasteiger charge is -2.29. The van der Waals surface area contributed by atoms with Gasteiger partial charge in [0.1, 0.15) is 17.5 Å². The monoisotopic (exact) mass is 249 g/mol. The van der Waals surface area contributed by atoms with Gasteiger partial charge in [-0.2, -0.15) is 0 Å². The van der Waals surface area contributed by atoms with E-state index in [-0.39, 0.29) is 0 Å². The molecule has 1 atom stereocenters. The lowest BCUT2D eigenvalue weighted by atomic mass is 10.0. The van der Waals surface area contributed by atoms with Crippen molar-refractivity contribution in [2.45, 2.75) is 32.2 Å². The van der Waals surface area contributed by atoms with E-state index >= 15 is 0 Å². The molecule has 0 saturated carbocycles. The highest BCUT2D eigenvalue weighted by molar-refractivity contribution is 5.48. The SMILES string of the molecule is CNc1cc(N(C)CC2CCCCN2)nc(C)n1. The summed E-state index contributed by atoms with van der Waals surface area (Å²) in [5.74, 6) is 2.67. The fourth-order valence-electron chi connectivity index (χ4n) is 2.38. The summed E-state index contributed by atoms with van der Waals surface area (Å²) in [7, 11) is 3.98. The Morgan fingerprint density at radius 1 is 1.44 bits per heavy atom. The van der Waals surface area contributed by atoms with E-state index in [9.17, 15) is 0 Å². The maximum Gasteiger partial charge on any atom is 0.134 e. The molecule has 100 valence electrons. The van der Waals surface area contributed by atoms with Crippen LogP contribution in [0.4, 0.5) is 11.6 Å². The molecule has 1 aliphatic rings. The van der Waals surface area contributed by atoms with E-state index in [1.807, 2.05) is 20.0 Å². The van der Waals surface area contributed by atoms with Gasteiger partial charge in [-0.05, 0) is 26.3 Å². The van der Waals surface area contributed by atoms with Gasteiger partial charge in [0, 0.05) is 32.7 Å². The summed E-state index contributed by atoms with van der Waals surface area (Å²) in [4.78, 5) is 11.0. The zero-order valence-corrected chi connectivity index (χ0v) is 11.5. The minimum Gasteiger partial charge on any atom is -0.373 e. The van der Waals surface area contributed by atoms with Gasteiger partial charge in [-0.15, -0.1) is 0 Å². The van der Waals surface area contributed by atoms with Gasteiger partial charge < -0.3 is 15.5 Å². The topological polar surface area (TPSA) is 53.1 Å². The van der Waals surface area contributed by atoms with Crippen molar-refractivity contribution in [3.05, 3.63) is 11.9 Å². The van der Waals surface area contributed by atoms with Gasteiger partial charge in [-0.3, -0.25) is 0 Å². The quantitative estimate of drug-likeness (QED) is 0.845. The van der Waals surface area contributed by atoms with E-state index in [1.165, 1.54) is 19.3 Å². The Kier molecular flexibility index (Phi) is 4.36. The van der Waals surface area contributed by atoms with E-state index in [1.54, 1.807) is 0 Å². The average Bonchev–Trinajstić information content (AvgIpc) is 2.39. The predicted octanol–water partition coefficient (Wildman–Crippen LogP) is 1.41. The molecule has 1 saturated heterocycles. The molecule has 18 heavy (non-hydrogen) atoms. The third kappa shape index (κ3) is 3.32. The van der Waals surface area contributed by atoms with Gasteiger partial charge in [-0.25, -0.2) is 9.97 Å². The van der Waals surface area contributed by atoms with Crippen molar-refractivity contribution >= 4 is 11.6 Å². The van der Waals surface area contributed by atoms with E-state index in [0.29, 0.717) is 6.04 Å². The summed E-state index contributed by atoms with van der Waals surface area (Å²) in [6.45, 7) is 4.07. The maximum atomic E-state index is 4.49. The van der Waals surface area contributed by atoms with E-state index in [4.69, 9.17) is 0 Å². The van der Waals surface area contributed by atoms with Crippen molar-refractivity contribution in [2.24, 2.45) is 0 Å². The number of nitrogens with zero attached hydrogens (tertiary/aromatic N) is 3. The molecule has 1 aromatic heterocycles. The van der Waals surface area contributed by atoms with Crippen LogP contribution < -0.4 is 15.5 Å². The fourth-order valence-corrected chi connectivity index (χ4v) is 2.38. The predicted molar refractivity (Wildman–Crippen MR) is 75.2 cm³/mol. The fraction of sp³-hybridized carbons (Fsp3) is 0.692. The Hall–Kier alpha value is -1.36. The number of piperidine rings is 1. The van der Waals surface area contributed by atoms with Crippen molar-refractivity contribution in [3.8, 4) is 0 Å². The van der Waals surface area contributed by atoms with Gasteiger partial charge in [-0.1, -0.05) is 6.42 Å². The van der Waals surface area contributed by atoms with Crippen molar-refractivity contribution in [3.63, 3.8) is 0 Å². The second-order valence-electron chi connectivity index (χ2n) is 4.94. The summed E-state index contributed by atoms with van der Waals surface area (Å²) in [6, 6.07) is 2.58. The summed E-state index contributed by atoms with van der Waals surface area (Å²) in [5, 5.41) is 6.64. The second-order valence-corrected chi connectivity index (χ2v) is 4.94. The van der Waals surface area contributed by atoms with Crippen molar-refractivity contribution in [1.82, 2.24) is 15.3 Å². The van der Waals surface area contributed by atoms with Crippen LogP contribution in [0.1, 0.15) is 25.1 Å². The normalized spacial score (nSPS) is 19.6. The van der Waals surface area contributed by atoms with Crippen LogP contribution >= 0.6 is 0 Å². The number of nitrogens with one attached hydrogen (secondary N) is 2. The van der Waals surface area contributed by atoms with Crippen LogP contribution in [0.5, 0.6) is 0 Å². The van der Waals surface area contributed by atoms with Crippen LogP contribution in [0.2, 0.25) is 0 Å². The number of rotatable bonds is 4. The Bertz CT molecular complexity index is 387. The maximum absolute atomic E-state index is 4.49. The molecule has 0 radical (unpaired) electrons. The molecule has 0 bridgehead atoms. The first-order valence-corrected chi connectivity index (χ1v) is 6.67. The number of anilines is 2. The third-order valence-corrected chi connectivity index (χ3v) is 3.38. The molecule has 1 unspecified atom stereocenters. The number of aryl methyl sites for hydroxylation is 1. The smallest absolute Gasteiger partial charge is 0.134 e. The minimum atomic E-state index is 0.581. The number of aromatic nitrogens is 2. The lowest BCUT2D eigenvalue weighted by Crippen LogP contribution is -2.42.